The Balaban J connectivity index is 1.75. The first-order chi connectivity index (χ1) is 13.5. The second-order valence-corrected chi connectivity index (χ2v) is 7.05. The number of benzene rings is 1. The maximum Gasteiger partial charge on any atom is 0.344 e. The second-order valence-electron chi connectivity index (χ2n) is 7.05. The molecule has 1 atom stereocenters. The van der Waals surface area contributed by atoms with Gasteiger partial charge in [0.05, 0.1) is 13.2 Å². The molecule has 1 N–H and O–H groups in total. The molecular formula is C21H29NO6. The Kier molecular flexibility index (Phi) is 9.48. The van der Waals surface area contributed by atoms with Crippen LogP contribution in [0.15, 0.2) is 30.3 Å². The smallest absolute Gasteiger partial charge is 0.344 e. The van der Waals surface area contributed by atoms with Gasteiger partial charge >= 0.3 is 5.97 Å². The summed E-state index contributed by atoms with van der Waals surface area (Å²) < 4.78 is 16.5. The van der Waals surface area contributed by atoms with Crippen LogP contribution >= 0.6 is 0 Å². The molecule has 1 saturated carbocycles. The van der Waals surface area contributed by atoms with Crippen LogP contribution in [-0.4, -0.2) is 50.1 Å². The zero-order chi connectivity index (χ0) is 20.2. The summed E-state index contributed by atoms with van der Waals surface area (Å²) in [6, 6.07) is 8.99. The number of rotatable bonds is 13. The molecule has 1 aromatic rings. The standard InChI is InChI=1S/C21H29NO6/c1-16(23)10-11-20(24)22-12-19(14-26-13-17-6-5-7-17)28-21(25)15-27-18-8-3-2-4-9-18/h2-4,8-9,17,19H,5-7,10-15H2,1H3,(H,22,24). The zero-order valence-electron chi connectivity index (χ0n) is 16.4. The van der Waals surface area contributed by atoms with Gasteiger partial charge in [-0.1, -0.05) is 24.6 Å². The first kappa shape index (κ1) is 21.9. The predicted octanol–water partition coefficient (Wildman–Crippen LogP) is 2.28. The van der Waals surface area contributed by atoms with Gasteiger partial charge in [0.1, 0.15) is 17.6 Å². The summed E-state index contributed by atoms with van der Waals surface area (Å²) in [4.78, 5) is 34.9. The van der Waals surface area contributed by atoms with Crippen molar-refractivity contribution in [2.45, 2.75) is 45.1 Å². The molecule has 0 aromatic heterocycles. The number of hydrogen-bond acceptors (Lipinski definition) is 6. The molecule has 28 heavy (non-hydrogen) atoms. The van der Waals surface area contributed by atoms with Gasteiger partial charge in [0.15, 0.2) is 6.61 Å². The van der Waals surface area contributed by atoms with Crippen LogP contribution in [0, 0.1) is 5.92 Å². The van der Waals surface area contributed by atoms with Crippen molar-refractivity contribution in [1.82, 2.24) is 5.32 Å². The Bertz CT molecular complexity index is 629. The number of amides is 1. The molecular weight excluding hydrogens is 362 g/mol. The minimum atomic E-state index is -0.603. The summed E-state index contributed by atoms with van der Waals surface area (Å²) in [6.07, 6.45) is 3.27. The maximum absolute atomic E-state index is 12.1. The van der Waals surface area contributed by atoms with E-state index in [9.17, 15) is 14.4 Å². The Labute approximate surface area is 165 Å². The van der Waals surface area contributed by atoms with E-state index in [1.165, 1.54) is 13.3 Å². The van der Waals surface area contributed by atoms with E-state index in [1.54, 1.807) is 12.1 Å². The van der Waals surface area contributed by atoms with Crippen molar-refractivity contribution in [3.8, 4) is 5.75 Å². The van der Waals surface area contributed by atoms with Gasteiger partial charge in [-0.2, -0.15) is 0 Å². The molecule has 2 rings (SSSR count). The Morgan fingerprint density at radius 2 is 1.89 bits per heavy atom. The lowest BCUT2D eigenvalue weighted by atomic mass is 9.86. The summed E-state index contributed by atoms with van der Waals surface area (Å²) in [5.41, 5.74) is 0. The lowest BCUT2D eigenvalue weighted by Crippen LogP contribution is -2.39. The van der Waals surface area contributed by atoms with E-state index < -0.39 is 12.1 Å². The van der Waals surface area contributed by atoms with Crippen LogP contribution in [0.1, 0.15) is 39.0 Å². The van der Waals surface area contributed by atoms with Crippen molar-refractivity contribution in [3.63, 3.8) is 0 Å². The fourth-order valence-corrected chi connectivity index (χ4v) is 2.64. The van der Waals surface area contributed by atoms with E-state index in [0.717, 1.165) is 12.8 Å². The number of nitrogens with one attached hydrogen (secondary N) is 1. The molecule has 1 unspecified atom stereocenters. The van der Waals surface area contributed by atoms with Gasteiger partial charge in [-0.05, 0) is 37.8 Å². The van der Waals surface area contributed by atoms with E-state index in [0.29, 0.717) is 18.3 Å². The molecule has 0 spiro atoms. The molecule has 0 heterocycles. The van der Waals surface area contributed by atoms with Crippen LogP contribution in [-0.2, 0) is 23.9 Å². The van der Waals surface area contributed by atoms with Crippen molar-refractivity contribution in [2.75, 3.05) is 26.4 Å². The van der Waals surface area contributed by atoms with Crippen molar-refractivity contribution >= 4 is 17.7 Å². The first-order valence-corrected chi connectivity index (χ1v) is 9.74. The highest BCUT2D eigenvalue weighted by Gasteiger charge is 2.20. The summed E-state index contributed by atoms with van der Waals surface area (Å²) in [5.74, 6) is 0.326. The SMILES string of the molecule is CC(=O)CCC(=O)NCC(COCC1CCC1)OC(=O)COc1ccccc1. The molecule has 154 valence electrons. The van der Waals surface area contributed by atoms with E-state index in [-0.39, 0.29) is 44.3 Å². The molecule has 1 aliphatic carbocycles. The zero-order valence-corrected chi connectivity index (χ0v) is 16.4. The van der Waals surface area contributed by atoms with Crippen LogP contribution in [0.25, 0.3) is 0 Å². The molecule has 0 aliphatic heterocycles. The number of hydrogen-bond donors (Lipinski definition) is 1. The highest BCUT2D eigenvalue weighted by molar-refractivity contribution is 5.83. The largest absolute Gasteiger partial charge is 0.482 e. The third-order valence-corrected chi connectivity index (χ3v) is 4.51. The number of para-hydroxylation sites is 1. The normalized spacial score (nSPS) is 14.6. The monoisotopic (exact) mass is 391 g/mol. The average Bonchev–Trinajstić information content (AvgIpc) is 2.65. The van der Waals surface area contributed by atoms with Crippen LogP contribution < -0.4 is 10.1 Å². The maximum atomic E-state index is 12.1. The van der Waals surface area contributed by atoms with Crippen molar-refractivity contribution in [3.05, 3.63) is 30.3 Å². The van der Waals surface area contributed by atoms with Crippen molar-refractivity contribution in [1.29, 1.82) is 0 Å². The lowest BCUT2D eigenvalue weighted by molar-refractivity contribution is -0.155. The van der Waals surface area contributed by atoms with Crippen LogP contribution in [0.4, 0.5) is 0 Å². The first-order valence-electron chi connectivity index (χ1n) is 9.74. The molecule has 0 radical (unpaired) electrons. The molecule has 7 heteroatoms. The van der Waals surface area contributed by atoms with Gasteiger partial charge in [0.2, 0.25) is 5.91 Å². The molecule has 1 amide bonds. The van der Waals surface area contributed by atoms with Crippen LogP contribution in [0.5, 0.6) is 5.75 Å². The molecule has 1 aromatic carbocycles. The summed E-state index contributed by atoms with van der Waals surface area (Å²) in [5, 5.41) is 2.69. The molecule has 7 nitrogen and oxygen atoms in total. The predicted molar refractivity (Wildman–Crippen MR) is 103 cm³/mol. The van der Waals surface area contributed by atoms with E-state index in [1.807, 2.05) is 18.2 Å². The van der Waals surface area contributed by atoms with Gasteiger partial charge in [-0.25, -0.2) is 4.79 Å². The number of carbonyl (C=O) groups excluding carboxylic acids is 3. The van der Waals surface area contributed by atoms with Crippen molar-refractivity contribution < 1.29 is 28.6 Å². The Morgan fingerprint density at radius 3 is 2.54 bits per heavy atom. The quantitative estimate of drug-likeness (QED) is 0.519. The third kappa shape index (κ3) is 8.99. The minimum absolute atomic E-state index is 0.0416. The summed E-state index contributed by atoms with van der Waals surface area (Å²) in [6.45, 7) is 2.20. The number of Topliss-reactive ketones (excluding diaryl/α,β-unsaturated/α-hetero) is 1. The van der Waals surface area contributed by atoms with Crippen molar-refractivity contribution in [2.24, 2.45) is 5.92 Å². The van der Waals surface area contributed by atoms with Gasteiger partial charge in [-0.3, -0.25) is 4.79 Å². The van der Waals surface area contributed by atoms with Gasteiger partial charge < -0.3 is 24.3 Å². The highest BCUT2D eigenvalue weighted by Crippen LogP contribution is 2.26. The Morgan fingerprint density at radius 1 is 1.14 bits per heavy atom. The number of carbonyl (C=O) groups is 3. The summed E-state index contributed by atoms with van der Waals surface area (Å²) >= 11 is 0. The topological polar surface area (TPSA) is 90.9 Å². The van der Waals surface area contributed by atoms with Gasteiger partial charge in [0.25, 0.3) is 0 Å². The van der Waals surface area contributed by atoms with E-state index in [2.05, 4.69) is 5.32 Å². The number of esters is 1. The van der Waals surface area contributed by atoms with Crippen LogP contribution in [0.3, 0.4) is 0 Å². The molecule has 1 aliphatic rings. The van der Waals surface area contributed by atoms with Gasteiger partial charge in [-0.15, -0.1) is 0 Å². The number of ketones is 1. The molecule has 1 fully saturated rings. The third-order valence-electron chi connectivity index (χ3n) is 4.51. The fraction of sp³-hybridized carbons (Fsp3) is 0.571. The second kappa shape index (κ2) is 12.1. The Hall–Kier alpha value is -2.41. The average molecular weight is 391 g/mol. The molecule has 0 saturated heterocycles. The lowest BCUT2D eigenvalue weighted by Gasteiger charge is -2.26. The molecule has 0 bridgehead atoms. The van der Waals surface area contributed by atoms with Gasteiger partial charge in [0, 0.05) is 19.4 Å². The highest BCUT2D eigenvalue weighted by atomic mass is 16.6. The van der Waals surface area contributed by atoms with Crippen LogP contribution in [0.2, 0.25) is 0 Å². The minimum Gasteiger partial charge on any atom is -0.482 e. The van der Waals surface area contributed by atoms with E-state index in [4.69, 9.17) is 14.2 Å². The van der Waals surface area contributed by atoms with E-state index >= 15 is 0 Å². The fourth-order valence-electron chi connectivity index (χ4n) is 2.64. The summed E-state index contributed by atoms with van der Waals surface area (Å²) in [7, 11) is 0. The number of ether oxygens (including phenoxy) is 3.